The van der Waals surface area contributed by atoms with E-state index in [9.17, 15) is 4.79 Å². The molecule has 5 heteroatoms. The molecule has 0 radical (unpaired) electrons. The van der Waals surface area contributed by atoms with Gasteiger partial charge in [-0.2, -0.15) is 0 Å². The fourth-order valence-corrected chi connectivity index (χ4v) is 3.19. The number of carbonyl (C=O) groups is 1. The van der Waals surface area contributed by atoms with Crippen molar-refractivity contribution in [1.29, 1.82) is 0 Å². The third-order valence-electron chi connectivity index (χ3n) is 4.88. The van der Waals surface area contributed by atoms with Crippen LogP contribution in [0.5, 0.6) is 0 Å². The minimum atomic E-state index is -0.703. The van der Waals surface area contributed by atoms with E-state index in [0.717, 1.165) is 13.0 Å². The van der Waals surface area contributed by atoms with Crippen LogP contribution >= 0.6 is 12.4 Å². The molecule has 19 heavy (non-hydrogen) atoms. The monoisotopic (exact) mass is 290 g/mol. The highest BCUT2D eigenvalue weighted by atomic mass is 35.5. The summed E-state index contributed by atoms with van der Waals surface area (Å²) in [6, 6.07) is 0. The van der Waals surface area contributed by atoms with Crippen LogP contribution in [-0.2, 0) is 9.53 Å². The molecule has 1 saturated carbocycles. The number of hydrogen-bond acceptors (Lipinski definition) is 3. The minimum Gasteiger partial charge on any atom is -0.381 e. The van der Waals surface area contributed by atoms with Gasteiger partial charge in [-0.1, -0.05) is 19.8 Å². The lowest BCUT2D eigenvalue weighted by Gasteiger charge is -2.34. The molecule has 0 unspecified atom stereocenters. The van der Waals surface area contributed by atoms with E-state index in [0.29, 0.717) is 31.5 Å². The van der Waals surface area contributed by atoms with Gasteiger partial charge in [0.05, 0.1) is 5.54 Å². The molecule has 1 aliphatic carbocycles. The Morgan fingerprint density at radius 3 is 2.32 bits per heavy atom. The van der Waals surface area contributed by atoms with Crippen LogP contribution < -0.4 is 11.1 Å². The number of nitrogens with two attached hydrogens (primary N) is 1. The van der Waals surface area contributed by atoms with Crippen LogP contribution in [0.4, 0.5) is 0 Å². The van der Waals surface area contributed by atoms with E-state index in [2.05, 4.69) is 12.2 Å². The molecule has 1 amide bonds. The maximum Gasteiger partial charge on any atom is 0.240 e. The summed E-state index contributed by atoms with van der Waals surface area (Å²) in [4.78, 5) is 12.2. The van der Waals surface area contributed by atoms with E-state index in [1.165, 1.54) is 25.7 Å². The van der Waals surface area contributed by atoms with Crippen molar-refractivity contribution in [3.63, 3.8) is 0 Å². The van der Waals surface area contributed by atoms with Gasteiger partial charge in [0.15, 0.2) is 0 Å². The molecule has 0 aromatic carbocycles. The predicted octanol–water partition coefficient (Wildman–Crippen LogP) is 2.00. The molecule has 1 heterocycles. The standard InChI is InChI=1S/C14H26N2O2.ClH/c1-2-13(5-3-4-6-13)11-16-12(17)14(15)7-9-18-10-8-14;/h2-11,15H2,1H3,(H,16,17);1H. The van der Waals surface area contributed by atoms with E-state index < -0.39 is 5.54 Å². The molecule has 0 spiro atoms. The maximum absolute atomic E-state index is 12.2. The first-order valence-corrected chi connectivity index (χ1v) is 7.25. The fraction of sp³-hybridized carbons (Fsp3) is 0.929. The van der Waals surface area contributed by atoms with Crippen LogP contribution in [0, 0.1) is 5.41 Å². The van der Waals surface area contributed by atoms with Gasteiger partial charge in [0.25, 0.3) is 0 Å². The summed E-state index contributed by atoms with van der Waals surface area (Å²) in [5.41, 5.74) is 5.81. The van der Waals surface area contributed by atoms with Crippen molar-refractivity contribution in [3.8, 4) is 0 Å². The van der Waals surface area contributed by atoms with E-state index in [1.807, 2.05) is 0 Å². The highest BCUT2D eigenvalue weighted by molar-refractivity contribution is 5.86. The van der Waals surface area contributed by atoms with Crippen molar-refractivity contribution in [2.24, 2.45) is 11.1 Å². The van der Waals surface area contributed by atoms with Gasteiger partial charge in [-0.3, -0.25) is 4.79 Å². The summed E-state index contributed by atoms with van der Waals surface area (Å²) in [6.45, 7) is 4.22. The van der Waals surface area contributed by atoms with E-state index in [-0.39, 0.29) is 18.3 Å². The molecule has 0 aromatic heterocycles. The molecule has 0 atom stereocenters. The zero-order valence-electron chi connectivity index (χ0n) is 11.9. The molecular formula is C14H27ClN2O2. The molecule has 4 nitrogen and oxygen atoms in total. The van der Waals surface area contributed by atoms with Crippen LogP contribution in [0.15, 0.2) is 0 Å². The van der Waals surface area contributed by atoms with Gasteiger partial charge in [-0.15, -0.1) is 12.4 Å². The molecule has 0 aromatic rings. The molecule has 2 fully saturated rings. The number of halogens is 1. The number of amides is 1. The lowest BCUT2D eigenvalue weighted by atomic mass is 9.82. The predicted molar refractivity (Wildman–Crippen MR) is 78.4 cm³/mol. The van der Waals surface area contributed by atoms with Gasteiger partial charge >= 0.3 is 0 Å². The van der Waals surface area contributed by atoms with Crippen LogP contribution in [0.1, 0.15) is 51.9 Å². The molecule has 0 bridgehead atoms. The summed E-state index contributed by atoms with van der Waals surface area (Å²) >= 11 is 0. The quantitative estimate of drug-likeness (QED) is 0.832. The zero-order valence-corrected chi connectivity index (χ0v) is 12.7. The third-order valence-corrected chi connectivity index (χ3v) is 4.88. The number of nitrogens with one attached hydrogen (secondary N) is 1. The number of ether oxygens (including phenoxy) is 1. The van der Waals surface area contributed by atoms with Gasteiger partial charge < -0.3 is 15.8 Å². The fourth-order valence-electron chi connectivity index (χ4n) is 3.19. The Hall–Kier alpha value is -0.320. The summed E-state index contributed by atoms with van der Waals surface area (Å²) in [5, 5.41) is 3.11. The molecule has 1 aliphatic heterocycles. The van der Waals surface area contributed by atoms with E-state index in [4.69, 9.17) is 10.5 Å². The second-order valence-corrected chi connectivity index (χ2v) is 6.01. The van der Waals surface area contributed by atoms with Gasteiger partial charge in [0.1, 0.15) is 0 Å². The number of hydrogen-bond donors (Lipinski definition) is 2. The van der Waals surface area contributed by atoms with E-state index in [1.54, 1.807) is 0 Å². The van der Waals surface area contributed by atoms with Gasteiger partial charge in [0, 0.05) is 19.8 Å². The average Bonchev–Trinajstić information content (AvgIpc) is 2.86. The summed E-state index contributed by atoms with van der Waals surface area (Å²) < 4.78 is 5.27. The van der Waals surface area contributed by atoms with Crippen molar-refractivity contribution >= 4 is 18.3 Å². The summed E-state index contributed by atoms with van der Waals surface area (Å²) in [5.74, 6) is 0.0190. The molecule has 2 rings (SSSR count). The maximum atomic E-state index is 12.2. The number of carbonyl (C=O) groups excluding carboxylic acids is 1. The van der Waals surface area contributed by atoms with Gasteiger partial charge in [-0.05, 0) is 37.5 Å². The highest BCUT2D eigenvalue weighted by Crippen LogP contribution is 2.40. The normalized spacial score (nSPS) is 24.5. The second kappa shape index (κ2) is 6.91. The van der Waals surface area contributed by atoms with Crippen molar-refractivity contribution in [2.75, 3.05) is 19.8 Å². The zero-order chi connectivity index (χ0) is 13.1. The Balaban J connectivity index is 0.00000180. The molecule has 112 valence electrons. The van der Waals surface area contributed by atoms with Crippen molar-refractivity contribution in [3.05, 3.63) is 0 Å². The molecular weight excluding hydrogens is 264 g/mol. The summed E-state index contributed by atoms with van der Waals surface area (Å²) in [6.07, 6.45) is 7.50. The SMILES string of the molecule is CCC1(CNC(=O)C2(N)CCOCC2)CCCC1.Cl. The molecule has 2 aliphatic rings. The van der Waals surface area contributed by atoms with Crippen LogP contribution in [0.2, 0.25) is 0 Å². The van der Waals surface area contributed by atoms with Crippen molar-refractivity contribution in [1.82, 2.24) is 5.32 Å². The number of rotatable bonds is 4. The van der Waals surface area contributed by atoms with Crippen molar-refractivity contribution in [2.45, 2.75) is 57.4 Å². The second-order valence-electron chi connectivity index (χ2n) is 6.01. The lowest BCUT2D eigenvalue weighted by Crippen LogP contribution is -2.58. The Morgan fingerprint density at radius 1 is 1.21 bits per heavy atom. The van der Waals surface area contributed by atoms with Crippen LogP contribution in [-0.4, -0.2) is 31.2 Å². The topological polar surface area (TPSA) is 64.4 Å². The van der Waals surface area contributed by atoms with Gasteiger partial charge in [0.2, 0.25) is 5.91 Å². The third kappa shape index (κ3) is 3.83. The summed E-state index contributed by atoms with van der Waals surface area (Å²) in [7, 11) is 0. The first-order valence-electron chi connectivity index (χ1n) is 7.25. The molecule has 1 saturated heterocycles. The minimum absolute atomic E-state index is 0. The first-order chi connectivity index (χ1) is 8.60. The van der Waals surface area contributed by atoms with Crippen LogP contribution in [0.3, 0.4) is 0 Å². The first kappa shape index (κ1) is 16.7. The Morgan fingerprint density at radius 2 is 1.79 bits per heavy atom. The average molecular weight is 291 g/mol. The smallest absolute Gasteiger partial charge is 0.240 e. The van der Waals surface area contributed by atoms with Crippen molar-refractivity contribution < 1.29 is 9.53 Å². The van der Waals surface area contributed by atoms with Gasteiger partial charge in [-0.25, -0.2) is 0 Å². The Labute approximate surface area is 122 Å². The lowest BCUT2D eigenvalue weighted by molar-refractivity contribution is -0.130. The highest BCUT2D eigenvalue weighted by Gasteiger charge is 2.38. The largest absolute Gasteiger partial charge is 0.381 e. The molecule has 3 N–H and O–H groups in total. The van der Waals surface area contributed by atoms with Crippen LogP contribution in [0.25, 0.3) is 0 Å². The Kier molecular flexibility index (Phi) is 6.09. The Bertz CT molecular complexity index is 298. The van der Waals surface area contributed by atoms with E-state index >= 15 is 0 Å².